The normalized spacial score (nSPS) is 15.6. The average Bonchev–Trinajstić information content (AvgIpc) is 3.41. The van der Waals surface area contributed by atoms with Crippen LogP contribution in [0.15, 0.2) is 35.5 Å². The van der Waals surface area contributed by atoms with Crippen LogP contribution in [-0.4, -0.2) is 98.0 Å². The number of hydrogen-bond acceptors (Lipinski definition) is 9. The third-order valence-corrected chi connectivity index (χ3v) is 7.94. The zero-order chi connectivity index (χ0) is 40.8. The van der Waals surface area contributed by atoms with E-state index in [-0.39, 0.29) is 34.6 Å². The van der Waals surface area contributed by atoms with Crippen molar-refractivity contribution in [1.29, 1.82) is 0 Å². The molecule has 292 valence electrons. The first-order valence-corrected chi connectivity index (χ1v) is 14.7. The van der Waals surface area contributed by atoms with Gasteiger partial charge >= 0.3 is 42.6 Å². The Morgan fingerprint density at radius 3 is 1.73 bits per heavy atom. The van der Waals surface area contributed by atoms with Crippen LogP contribution in [0.1, 0.15) is 24.1 Å². The van der Waals surface area contributed by atoms with Crippen molar-refractivity contribution in [2.75, 3.05) is 18.8 Å². The number of rotatable bonds is 3. The summed E-state index contributed by atoms with van der Waals surface area (Å²) in [5, 5.41) is 21.4. The number of halogens is 12. The van der Waals surface area contributed by atoms with Gasteiger partial charge in [-0.1, -0.05) is 6.07 Å². The number of imidazole rings is 1. The number of aryl methyl sites for hydroxylation is 1. The molecule has 2 aromatic heterocycles. The summed E-state index contributed by atoms with van der Waals surface area (Å²) in [5.41, 5.74) is 11.9. The first-order valence-electron chi connectivity index (χ1n) is 13.3. The van der Waals surface area contributed by atoms with Gasteiger partial charge in [0.15, 0.2) is 17.2 Å². The molecule has 27 heteroatoms. The summed E-state index contributed by atoms with van der Waals surface area (Å²) in [6.45, 7) is 2.32. The fraction of sp³-hybridized carbons (Fsp3) is 0.400. The van der Waals surface area contributed by atoms with Crippen molar-refractivity contribution in [3.63, 3.8) is 0 Å². The molecule has 1 aromatic carbocycles. The molecule has 0 spiro atoms. The van der Waals surface area contributed by atoms with Gasteiger partial charge in [0.1, 0.15) is 0 Å². The van der Waals surface area contributed by atoms with E-state index >= 15 is 0 Å². The summed E-state index contributed by atoms with van der Waals surface area (Å²) < 4.78 is 164. The van der Waals surface area contributed by atoms with Gasteiger partial charge in [-0.2, -0.15) is 57.0 Å². The Morgan fingerprint density at radius 2 is 1.33 bits per heavy atom. The van der Waals surface area contributed by atoms with Gasteiger partial charge in [-0.3, -0.25) is 4.40 Å². The maximum absolute atomic E-state index is 13.2. The monoisotopic (exact) mass is 796 g/mol. The second-order valence-electron chi connectivity index (χ2n) is 10.00. The zero-order valence-corrected chi connectivity index (χ0v) is 26.4. The smallest absolute Gasteiger partial charge is 0.475 e. The van der Waals surface area contributed by atoms with Gasteiger partial charge in [0.25, 0.3) is 0 Å². The second-order valence-corrected chi connectivity index (χ2v) is 11.9. The molecule has 3 aromatic rings. The predicted octanol–water partition coefficient (Wildman–Crippen LogP) is 4.32. The van der Waals surface area contributed by atoms with Crippen molar-refractivity contribution in [1.82, 2.24) is 18.7 Å². The molecule has 1 atom stereocenters. The van der Waals surface area contributed by atoms with E-state index in [2.05, 4.69) is 9.97 Å². The summed E-state index contributed by atoms with van der Waals surface area (Å²) in [6, 6.07) is 4.30. The van der Waals surface area contributed by atoms with Crippen LogP contribution in [0.2, 0.25) is 0 Å². The summed E-state index contributed by atoms with van der Waals surface area (Å²) >= 11 is 0. The van der Waals surface area contributed by atoms with Crippen LogP contribution in [0, 0.1) is 6.92 Å². The Hall–Kier alpha value is -4.92. The van der Waals surface area contributed by atoms with Crippen molar-refractivity contribution in [2.45, 2.75) is 55.4 Å². The SMILES string of the molecule is Cc1ccc(S(=O)(=O)N2CCC[C@@H](N)C2)cc1-c1cnc2c(N)nc(C(F)(F)F)cn12.O=C(O)C(F)(F)F.O=C(O)C(F)(F)F.O=C(O)C(F)(F)F. The van der Waals surface area contributed by atoms with Crippen molar-refractivity contribution < 1.29 is 90.8 Å². The minimum atomic E-state index is -5.08. The number of nitrogen functional groups attached to an aromatic ring is 1. The molecule has 0 saturated carbocycles. The van der Waals surface area contributed by atoms with Crippen molar-refractivity contribution >= 4 is 39.4 Å². The van der Waals surface area contributed by atoms with E-state index in [0.29, 0.717) is 24.1 Å². The van der Waals surface area contributed by atoms with Gasteiger partial charge in [0, 0.05) is 30.9 Å². The fourth-order valence-corrected chi connectivity index (χ4v) is 5.29. The second kappa shape index (κ2) is 16.6. The number of hydrogen-bond donors (Lipinski definition) is 5. The number of anilines is 1. The minimum absolute atomic E-state index is 0.0372. The molecule has 1 saturated heterocycles. The van der Waals surface area contributed by atoms with E-state index in [4.69, 9.17) is 41.2 Å². The third kappa shape index (κ3) is 12.7. The Morgan fingerprint density at radius 1 is 0.865 bits per heavy atom. The van der Waals surface area contributed by atoms with E-state index in [0.717, 1.165) is 12.6 Å². The van der Waals surface area contributed by atoms with Gasteiger partial charge in [0.05, 0.1) is 16.8 Å². The predicted molar refractivity (Wildman–Crippen MR) is 150 cm³/mol. The molecule has 0 radical (unpaired) electrons. The Kier molecular flexibility index (Phi) is 14.4. The van der Waals surface area contributed by atoms with Crippen LogP contribution in [0.3, 0.4) is 0 Å². The number of alkyl halides is 12. The van der Waals surface area contributed by atoms with Crippen LogP contribution in [0.25, 0.3) is 16.9 Å². The lowest BCUT2D eigenvalue weighted by Crippen LogP contribution is -2.45. The number of carbonyl (C=O) groups is 3. The topological polar surface area (TPSA) is 232 Å². The summed E-state index contributed by atoms with van der Waals surface area (Å²) in [5.74, 6) is -8.64. The van der Waals surface area contributed by atoms with Gasteiger partial charge in [-0.05, 0) is 37.5 Å². The molecule has 0 unspecified atom stereocenters. The van der Waals surface area contributed by atoms with E-state index in [9.17, 15) is 61.1 Å². The zero-order valence-electron chi connectivity index (χ0n) is 25.6. The summed E-state index contributed by atoms with van der Waals surface area (Å²) in [4.78, 5) is 34.2. The highest BCUT2D eigenvalue weighted by Crippen LogP contribution is 2.33. The number of carboxylic acids is 3. The Labute approximate surface area is 282 Å². The van der Waals surface area contributed by atoms with Crippen LogP contribution in [0.5, 0.6) is 0 Å². The van der Waals surface area contributed by atoms with Gasteiger partial charge < -0.3 is 26.8 Å². The molecule has 4 rings (SSSR count). The maximum Gasteiger partial charge on any atom is 0.490 e. The van der Waals surface area contributed by atoms with E-state index in [1.807, 2.05) is 0 Å². The first-order chi connectivity index (χ1) is 23.3. The molecule has 3 heterocycles. The number of carboxylic acid groups (broad SMARTS) is 3. The van der Waals surface area contributed by atoms with Crippen LogP contribution in [-0.2, 0) is 30.6 Å². The van der Waals surface area contributed by atoms with Gasteiger partial charge in [0.2, 0.25) is 10.0 Å². The lowest BCUT2D eigenvalue weighted by atomic mass is 10.1. The third-order valence-electron chi connectivity index (χ3n) is 6.08. The van der Waals surface area contributed by atoms with E-state index in [1.54, 1.807) is 13.0 Å². The number of fused-ring (bicyclic) bond motifs is 1. The van der Waals surface area contributed by atoms with Crippen LogP contribution < -0.4 is 11.5 Å². The molecule has 1 fully saturated rings. The molecular weight excluding hydrogens is 772 g/mol. The average molecular weight is 797 g/mol. The Bertz CT molecular complexity index is 1800. The number of aromatic nitrogens is 3. The molecule has 0 aliphatic carbocycles. The minimum Gasteiger partial charge on any atom is -0.475 e. The number of piperidine rings is 1. The first kappa shape index (κ1) is 45.1. The van der Waals surface area contributed by atoms with Crippen LogP contribution >= 0.6 is 0 Å². The maximum atomic E-state index is 13.2. The quantitative estimate of drug-likeness (QED) is 0.234. The summed E-state index contributed by atoms with van der Waals surface area (Å²) in [6.07, 6.45) is -16.4. The standard InChI is InChI=1S/C19H21F3N6O2S.3C2HF3O2/c1-11-4-5-13(31(29,30)27-6-2-3-12(23)9-27)7-14(11)15-8-25-18-17(24)26-16(10-28(15)18)19(20,21)22;3*3-2(4,5)1(6)7/h4-5,7-8,10,12H,2-3,6,9,23H2,1H3,(H2,24,26);3*(H,6,7)/t12-;;;/m1.../s1. The number of aliphatic carboxylic acids is 3. The highest BCUT2D eigenvalue weighted by atomic mass is 32.2. The molecule has 0 bridgehead atoms. The molecule has 7 N–H and O–H groups in total. The number of benzene rings is 1. The fourth-order valence-electron chi connectivity index (χ4n) is 3.73. The molecular formula is C25H24F12N6O8S. The van der Waals surface area contributed by atoms with Crippen LogP contribution in [0.4, 0.5) is 58.5 Å². The van der Waals surface area contributed by atoms with Gasteiger partial charge in [-0.25, -0.2) is 32.8 Å². The highest BCUT2D eigenvalue weighted by Gasteiger charge is 2.40. The van der Waals surface area contributed by atoms with Crippen molar-refractivity contribution in [3.05, 3.63) is 41.9 Å². The lowest BCUT2D eigenvalue weighted by Gasteiger charge is -2.30. The molecule has 1 aliphatic rings. The number of sulfonamides is 1. The number of nitrogens with zero attached hydrogens (tertiary/aromatic N) is 4. The summed E-state index contributed by atoms with van der Waals surface area (Å²) in [7, 11) is -3.81. The molecule has 1 aliphatic heterocycles. The largest absolute Gasteiger partial charge is 0.490 e. The molecule has 14 nitrogen and oxygen atoms in total. The van der Waals surface area contributed by atoms with Crippen molar-refractivity contribution in [3.8, 4) is 11.3 Å². The van der Waals surface area contributed by atoms with E-state index < -0.39 is 58.3 Å². The number of nitrogens with two attached hydrogens (primary N) is 2. The Balaban J connectivity index is 0.000000525. The lowest BCUT2D eigenvalue weighted by molar-refractivity contribution is -0.193. The molecule has 52 heavy (non-hydrogen) atoms. The van der Waals surface area contributed by atoms with E-state index in [1.165, 1.54) is 27.0 Å². The van der Waals surface area contributed by atoms with Crippen molar-refractivity contribution in [2.24, 2.45) is 5.73 Å². The highest BCUT2D eigenvalue weighted by molar-refractivity contribution is 7.89. The molecule has 0 amide bonds. The van der Waals surface area contributed by atoms with Gasteiger partial charge in [-0.15, -0.1) is 0 Å².